The molecule has 4 rings (SSSR count). The van der Waals surface area contributed by atoms with Crippen LogP contribution in [0.5, 0.6) is 0 Å². The minimum atomic E-state index is -0.141. The number of aromatic nitrogens is 4. The predicted molar refractivity (Wildman–Crippen MR) is 77.4 cm³/mol. The first kappa shape index (κ1) is 11.0. The van der Waals surface area contributed by atoms with Crippen LogP contribution < -0.4 is 5.69 Å². The van der Waals surface area contributed by atoms with Gasteiger partial charge in [0.15, 0.2) is 0 Å². The van der Waals surface area contributed by atoms with Gasteiger partial charge in [-0.15, -0.1) is 0 Å². The fourth-order valence-corrected chi connectivity index (χ4v) is 2.61. The summed E-state index contributed by atoms with van der Waals surface area (Å²) < 4.78 is 3.67. The summed E-state index contributed by atoms with van der Waals surface area (Å²) in [6.45, 7) is 1.94. The summed E-state index contributed by atoms with van der Waals surface area (Å²) in [6, 6.07) is 11.5. The number of imidazole rings is 2. The van der Waals surface area contributed by atoms with Crippen molar-refractivity contribution in [2.45, 2.75) is 6.92 Å². The number of nitrogens with zero attached hydrogens (tertiary/aromatic N) is 3. The number of benzene rings is 1. The predicted octanol–water partition coefficient (Wildman–Crippen LogP) is 2.27. The van der Waals surface area contributed by atoms with Crippen LogP contribution in [0.4, 0.5) is 0 Å². The van der Waals surface area contributed by atoms with E-state index in [1.54, 1.807) is 10.8 Å². The average Bonchev–Trinajstić information content (AvgIpc) is 2.99. The molecule has 0 unspecified atom stereocenters. The van der Waals surface area contributed by atoms with Crippen LogP contribution in [0.2, 0.25) is 0 Å². The Bertz CT molecular complexity index is 976. The second-order valence-corrected chi connectivity index (χ2v) is 4.74. The van der Waals surface area contributed by atoms with Crippen LogP contribution in [-0.2, 0) is 0 Å². The third-order valence-electron chi connectivity index (χ3n) is 3.55. The topological polar surface area (TPSA) is 55.1 Å². The van der Waals surface area contributed by atoms with Gasteiger partial charge in [0.05, 0.1) is 22.9 Å². The van der Waals surface area contributed by atoms with E-state index in [2.05, 4.69) is 9.97 Å². The highest BCUT2D eigenvalue weighted by molar-refractivity contribution is 5.91. The summed E-state index contributed by atoms with van der Waals surface area (Å²) in [7, 11) is 0. The van der Waals surface area contributed by atoms with Crippen molar-refractivity contribution in [2.75, 3.05) is 0 Å². The van der Waals surface area contributed by atoms with Gasteiger partial charge in [0.2, 0.25) is 0 Å². The Kier molecular flexibility index (Phi) is 2.12. The van der Waals surface area contributed by atoms with Crippen molar-refractivity contribution in [1.29, 1.82) is 0 Å². The van der Waals surface area contributed by atoms with E-state index in [4.69, 9.17) is 0 Å². The molecule has 0 saturated carbocycles. The Morgan fingerprint density at radius 3 is 2.75 bits per heavy atom. The Morgan fingerprint density at radius 2 is 1.95 bits per heavy atom. The molecule has 20 heavy (non-hydrogen) atoms. The van der Waals surface area contributed by atoms with Gasteiger partial charge in [-0.1, -0.05) is 18.2 Å². The number of aromatic amines is 1. The van der Waals surface area contributed by atoms with Gasteiger partial charge in [-0.2, -0.15) is 0 Å². The van der Waals surface area contributed by atoms with Crippen molar-refractivity contribution in [3.8, 4) is 5.69 Å². The number of H-pyrrole nitrogens is 1. The number of pyridine rings is 1. The van der Waals surface area contributed by atoms with Crippen LogP contribution in [0, 0.1) is 6.92 Å². The lowest BCUT2D eigenvalue weighted by molar-refractivity contribution is 1.01. The molecule has 0 radical (unpaired) electrons. The molecule has 0 atom stereocenters. The lowest BCUT2D eigenvalue weighted by Gasteiger charge is -2.04. The fraction of sp³-hybridized carbons (Fsp3) is 0.0667. The molecule has 0 aliphatic rings. The Balaban J connectivity index is 2.23. The van der Waals surface area contributed by atoms with E-state index in [1.165, 1.54) is 0 Å². The molecule has 0 aliphatic carbocycles. The van der Waals surface area contributed by atoms with Crippen LogP contribution in [0.25, 0.3) is 22.2 Å². The minimum Gasteiger partial charge on any atom is -0.305 e. The maximum absolute atomic E-state index is 12.3. The van der Waals surface area contributed by atoms with Gasteiger partial charge in [0, 0.05) is 6.20 Å². The van der Waals surface area contributed by atoms with Crippen LogP contribution in [-0.4, -0.2) is 18.9 Å². The molecule has 1 aromatic carbocycles. The second-order valence-electron chi connectivity index (χ2n) is 4.74. The molecule has 0 amide bonds. The van der Waals surface area contributed by atoms with Crippen LogP contribution in [0.1, 0.15) is 5.82 Å². The fourth-order valence-electron chi connectivity index (χ4n) is 2.61. The van der Waals surface area contributed by atoms with Crippen molar-refractivity contribution in [3.05, 3.63) is 65.1 Å². The van der Waals surface area contributed by atoms with E-state index < -0.39 is 0 Å². The van der Waals surface area contributed by atoms with E-state index in [9.17, 15) is 4.79 Å². The summed E-state index contributed by atoms with van der Waals surface area (Å²) in [4.78, 5) is 19.5. The number of aryl methyl sites for hydroxylation is 1. The molecule has 0 spiro atoms. The van der Waals surface area contributed by atoms with Gasteiger partial charge in [0.25, 0.3) is 0 Å². The summed E-state index contributed by atoms with van der Waals surface area (Å²) in [6.07, 6.45) is 3.72. The van der Waals surface area contributed by atoms with Crippen molar-refractivity contribution < 1.29 is 0 Å². The zero-order chi connectivity index (χ0) is 13.7. The molecule has 3 heterocycles. The van der Waals surface area contributed by atoms with E-state index in [0.717, 1.165) is 28.1 Å². The summed E-state index contributed by atoms with van der Waals surface area (Å²) in [5.41, 5.74) is 3.28. The minimum absolute atomic E-state index is 0.141. The van der Waals surface area contributed by atoms with Crippen LogP contribution in [0.3, 0.4) is 0 Å². The normalized spacial score (nSPS) is 11.4. The molecule has 0 fully saturated rings. The van der Waals surface area contributed by atoms with Crippen molar-refractivity contribution in [3.63, 3.8) is 0 Å². The van der Waals surface area contributed by atoms with Crippen LogP contribution >= 0.6 is 0 Å². The molecule has 0 saturated heterocycles. The van der Waals surface area contributed by atoms with Gasteiger partial charge < -0.3 is 9.38 Å². The SMILES string of the molecule is Cc1ncc2c3c(ccn12)[nH]c(=O)n3-c1ccccc1. The lowest BCUT2D eigenvalue weighted by Crippen LogP contribution is -2.14. The van der Waals surface area contributed by atoms with Crippen molar-refractivity contribution in [1.82, 2.24) is 18.9 Å². The number of fused-ring (bicyclic) bond motifs is 3. The standard InChI is InChI=1S/C15H12N4O/c1-10-16-9-13-14-12(7-8-18(10)13)17-15(20)19(14)11-5-3-2-4-6-11/h2-9H,1H3,(H,17,20). The Morgan fingerprint density at radius 1 is 1.15 bits per heavy atom. The smallest absolute Gasteiger partial charge is 0.305 e. The lowest BCUT2D eigenvalue weighted by atomic mass is 10.3. The molecule has 0 aliphatic heterocycles. The molecule has 1 N–H and O–H groups in total. The zero-order valence-corrected chi connectivity index (χ0v) is 10.9. The molecular weight excluding hydrogens is 252 g/mol. The zero-order valence-electron chi connectivity index (χ0n) is 10.9. The van der Waals surface area contributed by atoms with Gasteiger partial charge in [-0.3, -0.25) is 4.57 Å². The molecular formula is C15H12N4O. The molecule has 98 valence electrons. The molecule has 3 aromatic heterocycles. The van der Waals surface area contributed by atoms with E-state index in [1.807, 2.05) is 53.9 Å². The number of nitrogens with one attached hydrogen (secondary N) is 1. The largest absolute Gasteiger partial charge is 0.331 e. The third-order valence-corrected chi connectivity index (χ3v) is 3.55. The quantitative estimate of drug-likeness (QED) is 0.573. The molecule has 0 bridgehead atoms. The van der Waals surface area contributed by atoms with Crippen molar-refractivity contribution in [2.24, 2.45) is 0 Å². The average molecular weight is 264 g/mol. The van der Waals surface area contributed by atoms with E-state index >= 15 is 0 Å². The third kappa shape index (κ3) is 1.37. The number of hydrogen-bond donors (Lipinski definition) is 1. The number of hydrogen-bond acceptors (Lipinski definition) is 2. The summed E-state index contributed by atoms with van der Waals surface area (Å²) in [5, 5.41) is 0. The number of rotatable bonds is 1. The number of para-hydroxylation sites is 1. The highest BCUT2D eigenvalue weighted by Gasteiger charge is 2.13. The van der Waals surface area contributed by atoms with Gasteiger partial charge in [-0.05, 0) is 25.1 Å². The van der Waals surface area contributed by atoms with Crippen molar-refractivity contribution >= 4 is 16.6 Å². The monoisotopic (exact) mass is 264 g/mol. The van der Waals surface area contributed by atoms with Gasteiger partial charge in [-0.25, -0.2) is 9.78 Å². The first-order chi connectivity index (χ1) is 9.75. The highest BCUT2D eigenvalue weighted by atomic mass is 16.1. The first-order valence-electron chi connectivity index (χ1n) is 6.38. The molecule has 5 nitrogen and oxygen atoms in total. The second kappa shape index (κ2) is 3.84. The highest BCUT2D eigenvalue weighted by Crippen LogP contribution is 2.21. The van der Waals surface area contributed by atoms with Gasteiger partial charge in [0.1, 0.15) is 11.3 Å². The Hall–Kier alpha value is -2.82. The maximum Gasteiger partial charge on any atom is 0.331 e. The molecule has 5 heteroatoms. The van der Waals surface area contributed by atoms with Crippen LogP contribution in [0.15, 0.2) is 53.6 Å². The maximum atomic E-state index is 12.3. The van der Waals surface area contributed by atoms with E-state index in [-0.39, 0.29) is 5.69 Å². The molecule has 4 aromatic rings. The Labute approximate surface area is 114 Å². The van der Waals surface area contributed by atoms with E-state index in [0.29, 0.717) is 0 Å². The summed E-state index contributed by atoms with van der Waals surface area (Å²) >= 11 is 0. The first-order valence-corrected chi connectivity index (χ1v) is 6.38. The van der Waals surface area contributed by atoms with Gasteiger partial charge >= 0.3 is 5.69 Å². The summed E-state index contributed by atoms with van der Waals surface area (Å²) in [5.74, 6) is 0.898.